The Kier molecular flexibility index (Phi) is 3.56. The molecule has 1 fully saturated rings. The van der Waals surface area contributed by atoms with E-state index >= 15 is 0 Å². The SMILES string of the molecule is CC1CNCC1C(=O)N1CCCCc2ccccc21. The van der Waals surface area contributed by atoms with Crippen molar-refractivity contribution in [2.24, 2.45) is 11.8 Å². The van der Waals surface area contributed by atoms with E-state index in [2.05, 4.69) is 30.4 Å². The fourth-order valence-corrected chi connectivity index (χ4v) is 3.26. The molecule has 0 aromatic heterocycles. The Balaban J connectivity index is 1.89. The minimum Gasteiger partial charge on any atom is -0.316 e. The van der Waals surface area contributed by atoms with Gasteiger partial charge in [0.2, 0.25) is 5.91 Å². The molecule has 1 amide bonds. The molecule has 1 aromatic carbocycles. The third-order valence-corrected chi connectivity index (χ3v) is 4.46. The first kappa shape index (κ1) is 12.7. The maximum Gasteiger partial charge on any atom is 0.231 e. The number of para-hydroxylation sites is 1. The number of aryl methyl sites for hydroxylation is 1. The van der Waals surface area contributed by atoms with Crippen LogP contribution in [0.15, 0.2) is 24.3 Å². The largest absolute Gasteiger partial charge is 0.316 e. The molecular weight excluding hydrogens is 236 g/mol. The fourth-order valence-electron chi connectivity index (χ4n) is 3.26. The maximum absolute atomic E-state index is 12.8. The third-order valence-electron chi connectivity index (χ3n) is 4.46. The van der Waals surface area contributed by atoms with Crippen molar-refractivity contribution in [3.63, 3.8) is 0 Å². The highest BCUT2D eigenvalue weighted by atomic mass is 16.2. The van der Waals surface area contributed by atoms with E-state index < -0.39 is 0 Å². The molecule has 0 spiro atoms. The second-order valence-corrected chi connectivity index (χ2v) is 5.82. The molecule has 0 bridgehead atoms. The number of anilines is 1. The number of benzene rings is 1. The Morgan fingerprint density at radius 1 is 1.26 bits per heavy atom. The molecule has 0 radical (unpaired) electrons. The summed E-state index contributed by atoms with van der Waals surface area (Å²) < 4.78 is 0. The first-order chi connectivity index (χ1) is 9.27. The van der Waals surface area contributed by atoms with E-state index in [0.29, 0.717) is 11.8 Å². The van der Waals surface area contributed by atoms with Gasteiger partial charge in [0.25, 0.3) is 0 Å². The van der Waals surface area contributed by atoms with Gasteiger partial charge in [0.15, 0.2) is 0 Å². The highest BCUT2D eigenvalue weighted by Gasteiger charge is 2.34. The van der Waals surface area contributed by atoms with Gasteiger partial charge < -0.3 is 10.2 Å². The second-order valence-electron chi connectivity index (χ2n) is 5.82. The molecule has 2 heterocycles. The molecule has 0 aliphatic carbocycles. The summed E-state index contributed by atoms with van der Waals surface area (Å²) in [6, 6.07) is 8.39. The number of fused-ring (bicyclic) bond motifs is 1. The molecule has 102 valence electrons. The Morgan fingerprint density at radius 2 is 2.11 bits per heavy atom. The van der Waals surface area contributed by atoms with E-state index in [-0.39, 0.29) is 5.92 Å². The molecule has 2 atom stereocenters. The van der Waals surface area contributed by atoms with Gasteiger partial charge >= 0.3 is 0 Å². The highest BCUT2D eigenvalue weighted by Crippen LogP contribution is 2.29. The van der Waals surface area contributed by atoms with Crippen LogP contribution < -0.4 is 10.2 Å². The van der Waals surface area contributed by atoms with Crippen molar-refractivity contribution in [1.29, 1.82) is 0 Å². The zero-order chi connectivity index (χ0) is 13.2. The van der Waals surface area contributed by atoms with Gasteiger partial charge in [0, 0.05) is 18.8 Å². The van der Waals surface area contributed by atoms with E-state index in [1.54, 1.807) is 0 Å². The molecule has 19 heavy (non-hydrogen) atoms. The first-order valence-corrected chi connectivity index (χ1v) is 7.37. The summed E-state index contributed by atoms with van der Waals surface area (Å²) in [4.78, 5) is 14.9. The second kappa shape index (κ2) is 5.33. The Morgan fingerprint density at radius 3 is 2.89 bits per heavy atom. The third kappa shape index (κ3) is 2.39. The van der Waals surface area contributed by atoms with Gasteiger partial charge in [-0.1, -0.05) is 25.1 Å². The number of carbonyl (C=O) groups excluding carboxylic acids is 1. The lowest BCUT2D eigenvalue weighted by atomic mass is 9.96. The Hall–Kier alpha value is -1.35. The van der Waals surface area contributed by atoms with Gasteiger partial charge in [-0.25, -0.2) is 0 Å². The van der Waals surface area contributed by atoms with E-state index in [0.717, 1.165) is 38.2 Å². The quantitative estimate of drug-likeness (QED) is 0.837. The molecule has 3 nitrogen and oxygen atoms in total. The summed E-state index contributed by atoms with van der Waals surface area (Å²) in [7, 11) is 0. The van der Waals surface area contributed by atoms with Gasteiger partial charge in [-0.05, 0) is 43.4 Å². The van der Waals surface area contributed by atoms with E-state index in [1.807, 2.05) is 11.0 Å². The molecule has 2 aliphatic heterocycles. The number of nitrogens with zero attached hydrogens (tertiary/aromatic N) is 1. The first-order valence-electron chi connectivity index (χ1n) is 7.37. The molecule has 0 saturated carbocycles. The van der Waals surface area contributed by atoms with Gasteiger partial charge in [-0.3, -0.25) is 4.79 Å². The highest BCUT2D eigenvalue weighted by molar-refractivity contribution is 5.96. The van der Waals surface area contributed by atoms with Gasteiger partial charge in [-0.2, -0.15) is 0 Å². The lowest BCUT2D eigenvalue weighted by Gasteiger charge is -2.27. The summed E-state index contributed by atoms with van der Waals surface area (Å²) in [5, 5.41) is 3.33. The number of nitrogens with one attached hydrogen (secondary N) is 1. The molecule has 1 N–H and O–H groups in total. The average Bonchev–Trinajstić information content (AvgIpc) is 2.74. The fraction of sp³-hybridized carbons (Fsp3) is 0.562. The summed E-state index contributed by atoms with van der Waals surface area (Å²) in [5.41, 5.74) is 2.47. The van der Waals surface area contributed by atoms with Gasteiger partial charge in [-0.15, -0.1) is 0 Å². The molecule has 1 aromatic rings. The number of amides is 1. The Bertz CT molecular complexity index is 472. The van der Waals surface area contributed by atoms with Crippen LogP contribution in [0.3, 0.4) is 0 Å². The number of hydrogen-bond donors (Lipinski definition) is 1. The molecule has 2 unspecified atom stereocenters. The lowest BCUT2D eigenvalue weighted by Crippen LogP contribution is -2.39. The average molecular weight is 258 g/mol. The summed E-state index contributed by atoms with van der Waals surface area (Å²) >= 11 is 0. The summed E-state index contributed by atoms with van der Waals surface area (Å²) in [6.45, 7) is 4.84. The van der Waals surface area contributed by atoms with Crippen LogP contribution in [0.25, 0.3) is 0 Å². The monoisotopic (exact) mass is 258 g/mol. The van der Waals surface area contributed by atoms with Crippen LogP contribution in [-0.2, 0) is 11.2 Å². The van der Waals surface area contributed by atoms with E-state index in [1.165, 1.54) is 12.0 Å². The number of hydrogen-bond acceptors (Lipinski definition) is 2. The zero-order valence-electron chi connectivity index (χ0n) is 11.6. The van der Waals surface area contributed by atoms with Crippen LogP contribution in [0, 0.1) is 11.8 Å². The van der Waals surface area contributed by atoms with Crippen molar-refractivity contribution in [1.82, 2.24) is 5.32 Å². The van der Waals surface area contributed by atoms with Crippen LogP contribution in [0.5, 0.6) is 0 Å². The Labute approximate surface area is 115 Å². The minimum absolute atomic E-state index is 0.145. The smallest absolute Gasteiger partial charge is 0.231 e. The van der Waals surface area contributed by atoms with Crippen molar-refractivity contribution < 1.29 is 4.79 Å². The summed E-state index contributed by atoms with van der Waals surface area (Å²) in [6.07, 6.45) is 3.38. The predicted octanol–water partition coefficient (Wildman–Crippen LogP) is 2.21. The van der Waals surface area contributed by atoms with Crippen LogP contribution in [-0.4, -0.2) is 25.5 Å². The molecular formula is C16H22N2O. The van der Waals surface area contributed by atoms with Crippen LogP contribution >= 0.6 is 0 Å². The maximum atomic E-state index is 12.8. The standard InChI is InChI=1S/C16H22N2O/c1-12-10-17-11-14(12)16(19)18-9-5-4-7-13-6-2-3-8-15(13)18/h2-3,6,8,12,14,17H,4-5,7,9-11H2,1H3. The van der Waals surface area contributed by atoms with Crippen LogP contribution in [0.4, 0.5) is 5.69 Å². The molecule has 3 heteroatoms. The van der Waals surface area contributed by atoms with Gasteiger partial charge in [0.05, 0.1) is 5.92 Å². The predicted molar refractivity (Wildman–Crippen MR) is 77.3 cm³/mol. The minimum atomic E-state index is 0.145. The normalized spacial score (nSPS) is 26.9. The van der Waals surface area contributed by atoms with Crippen LogP contribution in [0.1, 0.15) is 25.3 Å². The van der Waals surface area contributed by atoms with Crippen molar-refractivity contribution in [2.75, 3.05) is 24.5 Å². The van der Waals surface area contributed by atoms with Gasteiger partial charge in [0.1, 0.15) is 0 Å². The summed E-state index contributed by atoms with van der Waals surface area (Å²) in [5.74, 6) is 0.904. The van der Waals surface area contributed by atoms with E-state index in [4.69, 9.17) is 0 Å². The lowest BCUT2D eigenvalue weighted by molar-refractivity contribution is -0.122. The molecule has 2 aliphatic rings. The topological polar surface area (TPSA) is 32.3 Å². The van der Waals surface area contributed by atoms with Crippen molar-refractivity contribution in [3.8, 4) is 0 Å². The van der Waals surface area contributed by atoms with Crippen molar-refractivity contribution in [3.05, 3.63) is 29.8 Å². The van der Waals surface area contributed by atoms with Crippen LogP contribution in [0.2, 0.25) is 0 Å². The number of rotatable bonds is 1. The molecule has 1 saturated heterocycles. The van der Waals surface area contributed by atoms with Crippen molar-refractivity contribution >= 4 is 11.6 Å². The van der Waals surface area contributed by atoms with E-state index in [9.17, 15) is 4.79 Å². The molecule has 3 rings (SSSR count). The zero-order valence-corrected chi connectivity index (χ0v) is 11.6. The number of carbonyl (C=O) groups is 1. The van der Waals surface area contributed by atoms with Crippen molar-refractivity contribution in [2.45, 2.75) is 26.2 Å².